The zero-order valence-corrected chi connectivity index (χ0v) is 13.0. The van der Waals surface area contributed by atoms with Crippen LogP contribution in [0.25, 0.3) is 0 Å². The molecule has 2 amide bonds. The molecule has 0 bridgehead atoms. The summed E-state index contributed by atoms with van der Waals surface area (Å²) in [5.41, 5.74) is -0.703. The molecule has 0 spiro atoms. The third-order valence-corrected chi connectivity index (χ3v) is 4.43. The van der Waals surface area contributed by atoms with Crippen molar-refractivity contribution in [3.8, 4) is 0 Å². The zero-order valence-electron chi connectivity index (χ0n) is 12.2. The fourth-order valence-electron chi connectivity index (χ4n) is 2.51. The van der Waals surface area contributed by atoms with Crippen LogP contribution in [0, 0.1) is 0 Å². The summed E-state index contributed by atoms with van der Waals surface area (Å²) in [6.45, 7) is 7.31. The van der Waals surface area contributed by atoms with E-state index >= 15 is 0 Å². The first-order valence-electron chi connectivity index (χ1n) is 6.93. The van der Waals surface area contributed by atoms with Crippen LogP contribution in [0.5, 0.6) is 0 Å². The van der Waals surface area contributed by atoms with Gasteiger partial charge in [0, 0.05) is 32.7 Å². The van der Waals surface area contributed by atoms with Crippen LogP contribution in [0.3, 0.4) is 0 Å². The second-order valence-electron chi connectivity index (χ2n) is 6.04. The van der Waals surface area contributed by atoms with E-state index in [0.29, 0.717) is 31.3 Å². The molecule has 114 valence electrons. The van der Waals surface area contributed by atoms with Gasteiger partial charge in [-0.15, -0.1) is 11.8 Å². The molecule has 2 aliphatic rings. The predicted octanol–water partition coefficient (Wildman–Crippen LogP) is -0.566. The van der Waals surface area contributed by atoms with E-state index in [1.165, 1.54) is 0 Å². The van der Waals surface area contributed by atoms with Crippen molar-refractivity contribution in [3.63, 3.8) is 0 Å². The van der Waals surface area contributed by atoms with Gasteiger partial charge in [0.25, 0.3) is 0 Å². The predicted molar refractivity (Wildman–Crippen MR) is 78.4 cm³/mol. The number of carbonyl (C=O) groups excluding carboxylic acids is 2. The standard InChI is InChI=1S/C13H23N3O3S/c1-13(2,19)9-14-3-5-15(6-4-14)11(17)7-16-10-20-8-12(16)18/h19H,3-10H2,1-2H3. The Hall–Kier alpha value is -0.790. The average Bonchev–Trinajstić information content (AvgIpc) is 2.74. The summed E-state index contributed by atoms with van der Waals surface area (Å²) in [5, 5.41) is 9.80. The number of amides is 2. The van der Waals surface area contributed by atoms with Gasteiger partial charge >= 0.3 is 0 Å². The van der Waals surface area contributed by atoms with E-state index in [4.69, 9.17) is 0 Å². The Morgan fingerprint density at radius 3 is 2.45 bits per heavy atom. The maximum absolute atomic E-state index is 12.1. The molecule has 0 aromatic heterocycles. The fraction of sp³-hybridized carbons (Fsp3) is 0.846. The number of hydrogen-bond donors (Lipinski definition) is 1. The lowest BCUT2D eigenvalue weighted by Crippen LogP contribution is -2.53. The monoisotopic (exact) mass is 301 g/mol. The minimum atomic E-state index is -0.703. The molecule has 1 N–H and O–H groups in total. The molecule has 0 aromatic rings. The molecule has 20 heavy (non-hydrogen) atoms. The summed E-state index contributed by atoms with van der Waals surface area (Å²) >= 11 is 1.56. The smallest absolute Gasteiger partial charge is 0.242 e. The van der Waals surface area contributed by atoms with Crippen molar-refractivity contribution in [2.75, 3.05) is 50.9 Å². The first-order valence-corrected chi connectivity index (χ1v) is 8.09. The Kier molecular flexibility index (Phi) is 4.93. The summed E-state index contributed by atoms with van der Waals surface area (Å²) in [5.74, 6) is 1.21. The molecule has 0 unspecified atom stereocenters. The lowest BCUT2D eigenvalue weighted by Gasteiger charge is -2.37. The van der Waals surface area contributed by atoms with Crippen LogP contribution in [-0.2, 0) is 9.59 Å². The van der Waals surface area contributed by atoms with Crippen molar-refractivity contribution in [2.45, 2.75) is 19.4 Å². The van der Waals surface area contributed by atoms with E-state index in [1.54, 1.807) is 30.5 Å². The van der Waals surface area contributed by atoms with Crippen molar-refractivity contribution in [1.82, 2.24) is 14.7 Å². The number of piperazine rings is 1. The second-order valence-corrected chi connectivity index (χ2v) is 6.99. The van der Waals surface area contributed by atoms with Crippen molar-refractivity contribution >= 4 is 23.6 Å². The molecular formula is C13H23N3O3S. The fourth-order valence-corrected chi connectivity index (χ4v) is 3.41. The Labute approximate surface area is 124 Å². The Bertz CT molecular complexity index is 376. The van der Waals surface area contributed by atoms with Crippen molar-refractivity contribution in [1.29, 1.82) is 0 Å². The molecule has 0 atom stereocenters. The van der Waals surface area contributed by atoms with E-state index in [2.05, 4.69) is 4.90 Å². The molecule has 2 fully saturated rings. The highest BCUT2D eigenvalue weighted by atomic mass is 32.2. The molecule has 2 heterocycles. The van der Waals surface area contributed by atoms with Crippen molar-refractivity contribution in [2.24, 2.45) is 0 Å². The van der Waals surface area contributed by atoms with Crippen molar-refractivity contribution < 1.29 is 14.7 Å². The quantitative estimate of drug-likeness (QED) is 0.754. The van der Waals surface area contributed by atoms with Crippen LogP contribution in [0.4, 0.5) is 0 Å². The lowest BCUT2D eigenvalue weighted by atomic mass is 10.1. The van der Waals surface area contributed by atoms with Crippen LogP contribution in [-0.4, -0.2) is 88.1 Å². The van der Waals surface area contributed by atoms with Crippen LogP contribution >= 0.6 is 11.8 Å². The minimum Gasteiger partial charge on any atom is -0.389 e. The number of carbonyl (C=O) groups is 2. The average molecular weight is 301 g/mol. The molecule has 0 saturated carbocycles. The SMILES string of the molecule is CC(C)(O)CN1CCN(C(=O)CN2CSCC2=O)CC1. The topological polar surface area (TPSA) is 64.1 Å². The van der Waals surface area contributed by atoms with Gasteiger partial charge < -0.3 is 14.9 Å². The number of nitrogens with zero attached hydrogens (tertiary/aromatic N) is 3. The zero-order chi connectivity index (χ0) is 14.8. The van der Waals surface area contributed by atoms with Crippen LogP contribution in [0.2, 0.25) is 0 Å². The maximum Gasteiger partial charge on any atom is 0.242 e. The van der Waals surface area contributed by atoms with Gasteiger partial charge in [-0.05, 0) is 13.8 Å². The number of thioether (sulfide) groups is 1. The number of β-amino-alcohol motifs (C(OH)–C–C–N with tert-alkyl or cyclic N) is 1. The van der Waals surface area contributed by atoms with E-state index in [9.17, 15) is 14.7 Å². The normalized spacial score (nSPS) is 21.6. The van der Waals surface area contributed by atoms with E-state index in [-0.39, 0.29) is 18.4 Å². The Balaban J connectivity index is 1.75. The molecular weight excluding hydrogens is 278 g/mol. The second kappa shape index (κ2) is 6.32. The first kappa shape index (κ1) is 15.6. The van der Waals surface area contributed by atoms with E-state index < -0.39 is 5.60 Å². The van der Waals surface area contributed by atoms with Crippen molar-refractivity contribution in [3.05, 3.63) is 0 Å². The highest BCUT2D eigenvalue weighted by Gasteiger charge is 2.28. The third kappa shape index (κ3) is 4.36. The molecule has 2 aliphatic heterocycles. The lowest BCUT2D eigenvalue weighted by molar-refractivity contribution is -0.139. The molecule has 0 radical (unpaired) electrons. The summed E-state index contributed by atoms with van der Waals surface area (Å²) in [6.07, 6.45) is 0. The highest BCUT2D eigenvalue weighted by Crippen LogP contribution is 2.15. The highest BCUT2D eigenvalue weighted by molar-refractivity contribution is 8.00. The van der Waals surface area contributed by atoms with Crippen LogP contribution in [0.1, 0.15) is 13.8 Å². The Morgan fingerprint density at radius 2 is 1.95 bits per heavy atom. The van der Waals surface area contributed by atoms with Gasteiger partial charge in [0.15, 0.2) is 0 Å². The molecule has 7 heteroatoms. The van der Waals surface area contributed by atoms with Gasteiger partial charge in [0.05, 0.1) is 17.2 Å². The maximum atomic E-state index is 12.1. The molecule has 0 aromatic carbocycles. The number of rotatable bonds is 4. The van der Waals surface area contributed by atoms with Crippen LogP contribution in [0.15, 0.2) is 0 Å². The van der Waals surface area contributed by atoms with Gasteiger partial charge in [-0.25, -0.2) is 0 Å². The van der Waals surface area contributed by atoms with Gasteiger partial charge in [-0.3, -0.25) is 14.5 Å². The summed E-state index contributed by atoms with van der Waals surface area (Å²) in [4.78, 5) is 29.3. The minimum absolute atomic E-state index is 0.0313. The largest absolute Gasteiger partial charge is 0.389 e. The molecule has 6 nitrogen and oxygen atoms in total. The molecule has 2 rings (SSSR count). The summed E-state index contributed by atoms with van der Waals surface area (Å²) in [7, 11) is 0. The summed E-state index contributed by atoms with van der Waals surface area (Å²) < 4.78 is 0. The van der Waals surface area contributed by atoms with E-state index in [0.717, 1.165) is 13.1 Å². The molecule has 2 saturated heterocycles. The first-order chi connectivity index (χ1) is 9.35. The molecule has 0 aliphatic carbocycles. The third-order valence-electron chi connectivity index (χ3n) is 3.49. The van der Waals surface area contributed by atoms with Gasteiger partial charge in [-0.1, -0.05) is 0 Å². The number of hydrogen-bond acceptors (Lipinski definition) is 5. The van der Waals surface area contributed by atoms with E-state index in [1.807, 2.05) is 4.90 Å². The Morgan fingerprint density at radius 1 is 1.30 bits per heavy atom. The van der Waals surface area contributed by atoms with Gasteiger partial charge in [0.1, 0.15) is 6.54 Å². The number of aliphatic hydroxyl groups is 1. The van der Waals surface area contributed by atoms with Gasteiger partial charge in [-0.2, -0.15) is 0 Å². The van der Waals surface area contributed by atoms with Gasteiger partial charge in [0.2, 0.25) is 11.8 Å². The van der Waals surface area contributed by atoms with Crippen LogP contribution < -0.4 is 0 Å². The summed E-state index contributed by atoms with van der Waals surface area (Å²) in [6, 6.07) is 0.